The van der Waals surface area contributed by atoms with E-state index in [0.717, 1.165) is 11.3 Å². The van der Waals surface area contributed by atoms with Crippen LogP contribution in [0.5, 0.6) is 5.75 Å². The Labute approximate surface area is 132 Å². The van der Waals surface area contributed by atoms with Gasteiger partial charge in [0.2, 0.25) is 0 Å². The van der Waals surface area contributed by atoms with Crippen molar-refractivity contribution in [3.05, 3.63) is 65.7 Å². The molecule has 2 aromatic rings. The standard InChI is InChI=1S/C16H17O.BrH.Zn/c1-13(2)15-8-10-16(11-9-15)17-12-14-6-4-3-5-7-14;;/h3-6,8-11,13H,12H2,1-2H3;1H;/q-1;;+2/p-1. The number of hydrogen-bond donors (Lipinski definition) is 0. The van der Waals surface area contributed by atoms with E-state index in [1.165, 1.54) is 21.9 Å². The first-order chi connectivity index (χ1) is 9.25. The van der Waals surface area contributed by atoms with Gasteiger partial charge in [0.05, 0.1) is 6.61 Å². The van der Waals surface area contributed by atoms with Gasteiger partial charge in [0, 0.05) is 0 Å². The molecule has 2 rings (SSSR count). The Kier molecular flexibility index (Phi) is 8.01. The molecule has 0 saturated carbocycles. The summed E-state index contributed by atoms with van der Waals surface area (Å²) in [5.74, 6) is 1.47. The molecule has 0 amide bonds. The van der Waals surface area contributed by atoms with Crippen molar-refractivity contribution in [2.75, 3.05) is 0 Å². The van der Waals surface area contributed by atoms with E-state index >= 15 is 0 Å². The van der Waals surface area contributed by atoms with Gasteiger partial charge in [-0.2, -0.15) is 30.3 Å². The van der Waals surface area contributed by atoms with Crippen molar-refractivity contribution < 1.29 is 21.1 Å². The Bertz CT molecular complexity index is 454. The Morgan fingerprint density at radius 2 is 1.79 bits per heavy atom. The van der Waals surface area contributed by atoms with Crippen molar-refractivity contribution in [3.63, 3.8) is 0 Å². The molecule has 0 saturated heterocycles. The predicted octanol–water partition coefficient (Wildman–Crippen LogP) is 5.03. The van der Waals surface area contributed by atoms with Crippen LogP contribution in [-0.4, -0.2) is 0 Å². The summed E-state index contributed by atoms with van der Waals surface area (Å²) in [6.07, 6.45) is 0. The van der Waals surface area contributed by atoms with E-state index in [0.29, 0.717) is 12.5 Å². The first-order valence-electron chi connectivity index (χ1n) is 6.21. The van der Waals surface area contributed by atoms with Gasteiger partial charge in [-0.1, -0.05) is 26.0 Å². The quantitative estimate of drug-likeness (QED) is 0.542. The van der Waals surface area contributed by atoms with Crippen molar-refractivity contribution in [3.8, 4) is 5.75 Å². The topological polar surface area (TPSA) is 9.23 Å². The Balaban J connectivity index is 0.000000861. The van der Waals surface area contributed by atoms with Gasteiger partial charge in [-0.25, -0.2) is 0 Å². The van der Waals surface area contributed by atoms with Gasteiger partial charge in [0.25, 0.3) is 0 Å². The van der Waals surface area contributed by atoms with Crippen LogP contribution in [0.2, 0.25) is 0 Å². The molecule has 0 radical (unpaired) electrons. The van der Waals surface area contributed by atoms with Gasteiger partial charge in [0.15, 0.2) is 0 Å². The fourth-order valence-corrected chi connectivity index (χ4v) is 1.63. The van der Waals surface area contributed by atoms with Crippen LogP contribution in [0.3, 0.4) is 0 Å². The van der Waals surface area contributed by atoms with E-state index < -0.39 is 0 Å². The van der Waals surface area contributed by atoms with E-state index in [9.17, 15) is 0 Å². The molecule has 0 fully saturated rings. The Hall–Kier alpha value is -0.657. The second kappa shape index (κ2) is 9.28. The number of hydrogen-bond acceptors (Lipinski definition) is 1. The molecule has 0 aliphatic carbocycles. The van der Waals surface area contributed by atoms with Crippen molar-refractivity contribution >= 4 is 13.6 Å². The molecule has 0 atom stereocenters. The zero-order chi connectivity index (χ0) is 14.1. The van der Waals surface area contributed by atoms with E-state index in [1.807, 2.05) is 36.4 Å². The molecule has 1 nitrogen and oxygen atoms in total. The minimum atomic E-state index is 0.562. The molecule has 0 heterocycles. The molecule has 19 heavy (non-hydrogen) atoms. The molecular formula is C16H17BrOZn. The second-order valence-electron chi connectivity index (χ2n) is 4.40. The van der Waals surface area contributed by atoms with Gasteiger partial charge >= 0.3 is 30.0 Å². The fourth-order valence-electron chi connectivity index (χ4n) is 1.63. The van der Waals surface area contributed by atoms with Crippen LogP contribution in [0.1, 0.15) is 30.9 Å². The third-order valence-corrected chi connectivity index (χ3v) is 2.71. The maximum atomic E-state index is 5.70. The summed E-state index contributed by atoms with van der Waals surface area (Å²) in [7, 11) is 0. The van der Waals surface area contributed by atoms with Crippen LogP contribution >= 0.6 is 13.6 Å². The summed E-state index contributed by atoms with van der Waals surface area (Å²) >= 11 is 4.25. The number of halogens is 1. The molecule has 0 bridgehead atoms. The third kappa shape index (κ3) is 5.88. The van der Waals surface area contributed by atoms with Gasteiger partial charge in [-0.15, -0.1) is 5.56 Å². The van der Waals surface area contributed by atoms with E-state index in [2.05, 4.69) is 45.7 Å². The first kappa shape index (κ1) is 16.4. The molecule has 0 unspecified atom stereocenters. The molecule has 0 aromatic heterocycles. The van der Waals surface area contributed by atoms with Crippen LogP contribution in [0, 0.1) is 6.07 Å². The van der Waals surface area contributed by atoms with Crippen LogP contribution in [0.4, 0.5) is 0 Å². The fraction of sp³-hybridized carbons (Fsp3) is 0.250. The maximum absolute atomic E-state index is 5.70. The molecule has 0 aliphatic heterocycles. The van der Waals surface area contributed by atoms with Crippen molar-refractivity contribution in [2.45, 2.75) is 26.4 Å². The molecule has 3 heteroatoms. The van der Waals surface area contributed by atoms with Crippen LogP contribution in [0.15, 0.2) is 48.5 Å². The first-order valence-corrected chi connectivity index (χ1v) is 13.2. The molecule has 96 valence electrons. The van der Waals surface area contributed by atoms with Gasteiger partial charge < -0.3 is 4.74 Å². The number of benzene rings is 2. The summed E-state index contributed by atoms with van der Waals surface area (Å²) in [6, 6.07) is 19.3. The molecule has 0 aliphatic rings. The third-order valence-electron chi connectivity index (χ3n) is 2.71. The zero-order valence-corrected chi connectivity index (χ0v) is 15.9. The second-order valence-corrected chi connectivity index (χ2v) is 4.40. The molecule has 0 spiro atoms. The molecule has 2 aromatic carbocycles. The zero-order valence-electron chi connectivity index (χ0n) is 11.4. The monoisotopic (exact) mass is 368 g/mol. The minimum absolute atomic E-state index is 0.562. The van der Waals surface area contributed by atoms with Gasteiger partial charge in [-0.05, 0) is 23.6 Å². The Morgan fingerprint density at radius 3 is 2.32 bits per heavy atom. The number of ether oxygens (including phenoxy) is 1. The summed E-state index contributed by atoms with van der Waals surface area (Å²) in [5.41, 5.74) is 2.41. The molecular weight excluding hydrogens is 353 g/mol. The average Bonchev–Trinajstić information content (AvgIpc) is 2.49. The van der Waals surface area contributed by atoms with Crippen molar-refractivity contribution in [2.24, 2.45) is 0 Å². The Morgan fingerprint density at radius 1 is 1.11 bits per heavy atom. The van der Waals surface area contributed by atoms with E-state index in [1.54, 1.807) is 0 Å². The van der Waals surface area contributed by atoms with Crippen molar-refractivity contribution in [1.82, 2.24) is 0 Å². The van der Waals surface area contributed by atoms with E-state index in [4.69, 9.17) is 4.74 Å². The average molecular weight is 371 g/mol. The van der Waals surface area contributed by atoms with Crippen LogP contribution < -0.4 is 4.74 Å². The van der Waals surface area contributed by atoms with Gasteiger partial charge in [0.1, 0.15) is 5.75 Å². The number of rotatable bonds is 4. The summed E-state index contributed by atoms with van der Waals surface area (Å²) in [5, 5.41) is 0. The summed E-state index contributed by atoms with van der Waals surface area (Å²) in [6.45, 7) is 4.95. The normalized spacial score (nSPS) is 9.79. The van der Waals surface area contributed by atoms with Crippen LogP contribution in [-0.2, 0) is 22.9 Å². The van der Waals surface area contributed by atoms with Crippen LogP contribution in [0.25, 0.3) is 0 Å². The predicted molar refractivity (Wildman–Crippen MR) is 79.1 cm³/mol. The van der Waals surface area contributed by atoms with E-state index in [-0.39, 0.29) is 0 Å². The summed E-state index contributed by atoms with van der Waals surface area (Å²) in [4.78, 5) is 0. The van der Waals surface area contributed by atoms with Gasteiger partial charge in [-0.3, -0.25) is 0 Å². The SMILES string of the molecule is CC(C)c1ccc(OCc2[c-]cccc2)cc1.[Zn+][Br]. The van der Waals surface area contributed by atoms with Crippen molar-refractivity contribution in [1.29, 1.82) is 0 Å². The summed E-state index contributed by atoms with van der Waals surface area (Å²) < 4.78 is 5.70. The molecule has 0 N–H and O–H groups in total.